The molecule has 0 saturated carbocycles. The molecule has 3 nitrogen and oxygen atoms in total. The van der Waals surface area contributed by atoms with Crippen molar-refractivity contribution in [1.29, 1.82) is 0 Å². The van der Waals surface area contributed by atoms with Gasteiger partial charge < -0.3 is 14.6 Å². The average Bonchev–Trinajstić information content (AvgIpc) is 2.85. The lowest BCUT2D eigenvalue weighted by molar-refractivity contribution is -0.00367. The second-order valence-electron chi connectivity index (χ2n) is 4.63. The maximum absolute atomic E-state index is 10.3. The van der Waals surface area contributed by atoms with Crippen molar-refractivity contribution in [2.75, 3.05) is 13.7 Å². The van der Waals surface area contributed by atoms with E-state index in [1.165, 1.54) is 5.56 Å². The van der Waals surface area contributed by atoms with Gasteiger partial charge >= 0.3 is 0 Å². The summed E-state index contributed by atoms with van der Waals surface area (Å²) in [4.78, 5) is 0. The number of ether oxygens (including phenoxy) is 2. The van der Waals surface area contributed by atoms with E-state index in [4.69, 9.17) is 9.47 Å². The van der Waals surface area contributed by atoms with Crippen molar-refractivity contribution >= 4 is 0 Å². The van der Waals surface area contributed by atoms with Gasteiger partial charge in [0, 0.05) is 12.2 Å². The molecule has 1 saturated heterocycles. The Morgan fingerprint density at radius 2 is 2.18 bits per heavy atom. The van der Waals surface area contributed by atoms with Crippen molar-refractivity contribution < 1.29 is 14.6 Å². The Bertz CT molecular complexity index is 395. The molecule has 1 aromatic rings. The second kappa shape index (κ2) is 5.07. The topological polar surface area (TPSA) is 38.7 Å². The van der Waals surface area contributed by atoms with Gasteiger partial charge in [-0.05, 0) is 37.8 Å². The van der Waals surface area contributed by atoms with Crippen LogP contribution in [-0.2, 0) is 4.74 Å². The van der Waals surface area contributed by atoms with Crippen molar-refractivity contribution in [3.8, 4) is 5.75 Å². The molecule has 2 atom stereocenters. The van der Waals surface area contributed by atoms with E-state index in [2.05, 4.69) is 0 Å². The Hall–Kier alpha value is -1.06. The molecule has 94 valence electrons. The van der Waals surface area contributed by atoms with Crippen LogP contribution in [0.15, 0.2) is 12.1 Å². The molecule has 3 heteroatoms. The first kappa shape index (κ1) is 12.4. The zero-order valence-corrected chi connectivity index (χ0v) is 10.7. The molecule has 1 aliphatic rings. The predicted octanol–water partition coefficient (Wildman–Crippen LogP) is 2.52. The summed E-state index contributed by atoms with van der Waals surface area (Å²) in [6.07, 6.45) is 1.25. The number of hydrogen-bond acceptors (Lipinski definition) is 3. The van der Waals surface area contributed by atoms with Crippen molar-refractivity contribution in [2.24, 2.45) is 0 Å². The number of benzene rings is 1. The molecular weight excluding hydrogens is 216 g/mol. The number of aryl methyl sites for hydroxylation is 1. The highest BCUT2D eigenvalue weighted by Gasteiger charge is 2.28. The summed E-state index contributed by atoms with van der Waals surface area (Å²) in [6, 6.07) is 3.96. The summed E-state index contributed by atoms with van der Waals surface area (Å²) < 4.78 is 11.0. The van der Waals surface area contributed by atoms with Gasteiger partial charge in [0.15, 0.2) is 0 Å². The molecule has 1 heterocycles. The van der Waals surface area contributed by atoms with E-state index < -0.39 is 6.10 Å². The molecule has 17 heavy (non-hydrogen) atoms. The van der Waals surface area contributed by atoms with E-state index in [1.807, 2.05) is 26.0 Å². The molecule has 0 aliphatic carbocycles. The fourth-order valence-electron chi connectivity index (χ4n) is 2.37. The quantitative estimate of drug-likeness (QED) is 0.876. The van der Waals surface area contributed by atoms with E-state index >= 15 is 0 Å². The predicted molar refractivity (Wildman–Crippen MR) is 66.4 cm³/mol. The lowest BCUT2D eigenvalue weighted by Crippen LogP contribution is -2.18. The van der Waals surface area contributed by atoms with E-state index in [0.717, 1.165) is 36.3 Å². The van der Waals surface area contributed by atoms with Gasteiger partial charge in [0.05, 0.1) is 13.2 Å². The number of rotatable bonds is 3. The van der Waals surface area contributed by atoms with Crippen LogP contribution in [0.2, 0.25) is 0 Å². The number of hydrogen-bond donors (Lipinski definition) is 1. The third kappa shape index (κ3) is 2.31. The van der Waals surface area contributed by atoms with Gasteiger partial charge in [0.25, 0.3) is 0 Å². The normalized spacial score (nSPS) is 21.5. The average molecular weight is 236 g/mol. The minimum absolute atomic E-state index is 0.0917. The van der Waals surface area contributed by atoms with Crippen molar-refractivity contribution in [3.05, 3.63) is 28.8 Å². The lowest BCUT2D eigenvalue weighted by atomic mass is 9.97. The summed E-state index contributed by atoms with van der Waals surface area (Å²) in [6.45, 7) is 4.80. The van der Waals surface area contributed by atoms with Crippen molar-refractivity contribution in [1.82, 2.24) is 0 Å². The van der Waals surface area contributed by atoms with Gasteiger partial charge in [0.1, 0.15) is 11.9 Å². The minimum Gasteiger partial charge on any atom is -0.496 e. The molecule has 0 bridgehead atoms. The fraction of sp³-hybridized carbons (Fsp3) is 0.571. The van der Waals surface area contributed by atoms with E-state index in [1.54, 1.807) is 7.11 Å². The molecule has 1 fully saturated rings. The Morgan fingerprint density at radius 3 is 2.76 bits per heavy atom. The molecule has 0 spiro atoms. The summed E-state index contributed by atoms with van der Waals surface area (Å²) in [5, 5.41) is 10.3. The number of aliphatic hydroxyl groups excluding tert-OH is 1. The molecule has 0 radical (unpaired) electrons. The van der Waals surface area contributed by atoms with Crippen LogP contribution in [-0.4, -0.2) is 24.9 Å². The van der Waals surface area contributed by atoms with Crippen molar-refractivity contribution in [3.63, 3.8) is 0 Å². The van der Waals surface area contributed by atoms with E-state index in [0.29, 0.717) is 0 Å². The summed E-state index contributed by atoms with van der Waals surface area (Å²) >= 11 is 0. The lowest BCUT2D eigenvalue weighted by Gasteiger charge is -2.21. The van der Waals surface area contributed by atoms with Gasteiger partial charge in [-0.2, -0.15) is 0 Å². The number of aliphatic hydroxyl groups is 1. The van der Waals surface area contributed by atoms with Crippen LogP contribution in [0.3, 0.4) is 0 Å². The highest BCUT2D eigenvalue weighted by atomic mass is 16.5. The molecule has 0 aromatic heterocycles. The summed E-state index contributed by atoms with van der Waals surface area (Å²) in [7, 11) is 1.65. The van der Waals surface area contributed by atoms with Crippen LogP contribution in [0.4, 0.5) is 0 Å². The van der Waals surface area contributed by atoms with Crippen LogP contribution in [0.25, 0.3) is 0 Å². The van der Waals surface area contributed by atoms with Crippen LogP contribution >= 0.6 is 0 Å². The fourth-order valence-corrected chi connectivity index (χ4v) is 2.37. The minimum atomic E-state index is -0.591. The largest absolute Gasteiger partial charge is 0.496 e. The third-order valence-corrected chi connectivity index (χ3v) is 3.55. The first-order valence-corrected chi connectivity index (χ1v) is 6.09. The van der Waals surface area contributed by atoms with Gasteiger partial charge in [-0.15, -0.1) is 0 Å². The molecule has 1 aliphatic heterocycles. The standard InChI is InChI=1S/C14H20O3/c1-9-6-7-11(14(16-3)10(9)2)13(15)12-5-4-8-17-12/h6-7,12-13,15H,4-5,8H2,1-3H3. The zero-order chi connectivity index (χ0) is 12.4. The molecule has 2 rings (SSSR count). The maximum atomic E-state index is 10.3. The highest BCUT2D eigenvalue weighted by Crippen LogP contribution is 2.35. The molecular formula is C14H20O3. The Labute approximate surface area is 102 Å². The van der Waals surface area contributed by atoms with E-state index in [9.17, 15) is 5.11 Å². The molecule has 0 amide bonds. The molecule has 1 N–H and O–H groups in total. The second-order valence-corrected chi connectivity index (χ2v) is 4.63. The van der Waals surface area contributed by atoms with Crippen LogP contribution < -0.4 is 4.74 Å². The van der Waals surface area contributed by atoms with Gasteiger partial charge in [0.2, 0.25) is 0 Å². The smallest absolute Gasteiger partial charge is 0.127 e. The SMILES string of the molecule is COc1c(C(O)C2CCCO2)ccc(C)c1C. The highest BCUT2D eigenvalue weighted by molar-refractivity contribution is 5.46. The number of methoxy groups -OCH3 is 1. The first-order chi connectivity index (χ1) is 8.15. The third-order valence-electron chi connectivity index (χ3n) is 3.55. The van der Waals surface area contributed by atoms with Crippen LogP contribution in [0.5, 0.6) is 5.75 Å². The van der Waals surface area contributed by atoms with Crippen molar-refractivity contribution in [2.45, 2.75) is 38.9 Å². The first-order valence-electron chi connectivity index (χ1n) is 6.09. The summed E-state index contributed by atoms with van der Waals surface area (Å²) in [5.74, 6) is 0.785. The maximum Gasteiger partial charge on any atom is 0.127 e. The van der Waals surface area contributed by atoms with E-state index in [-0.39, 0.29) is 6.10 Å². The molecule has 2 unspecified atom stereocenters. The Balaban J connectivity index is 2.33. The van der Waals surface area contributed by atoms with Gasteiger partial charge in [-0.25, -0.2) is 0 Å². The Kier molecular flexibility index (Phi) is 3.69. The zero-order valence-electron chi connectivity index (χ0n) is 10.7. The summed E-state index contributed by atoms with van der Waals surface area (Å²) in [5.41, 5.74) is 3.09. The van der Waals surface area contributed by atoms with Gasteiger partial charge in [-0.1, -0.05) is 12.1 Å². The monoisotopic (exact) mass is 236 g/mol. The Morgan fingerprint density at radius 1 is 1.41 bits per heavy atom. The van der Waals surface area contributed by atoms with Crippen LogP contribution in [0.1, 0.15) is 35.6 Å². The van der Waals surface area contributed by atoms with Crippen LogP contribution in [0, 0.1) is 13.8 Å². The van der Waals surface area contributed by atoms with Gasteiger partial charge in [-0.3, -0.25) is 0 Å². The molecule has 1 aromatic carbocycles.